The summed E-state index contributed by atoms with van der Waals surface area (Å²) in [5.74, 6) is 0.117. The van der Waals surface area contributed by atoms with Crippen molar-refractivity contribution in [2.24, 2.45) is 0 Å². The number of hydrogen-bond donors (Lipinski definition) is 3. The summed E-state index contributed by atoms with van der Waals surface area (Å²) in [6.07, 6.45) is -0.0953. The van der Waals surface area contributed by atoms with Gasteiger partial charge in [0.2, 0.25) is 5.91 Å². The number of thiol groups is 1. The molecule has 0 aliphatic carbocycles. The molecule has 0 radical (unpaired) electrons. The van der Waals surface area contributed by atoms with Gasteiger partial charge in [-0.1, -0.05) is 18.2 Å². The van der Waals surface area contributed by atoms with Crippen molar-refractivity contribution >= 4 is 24.2 Å². The highest BCUT2D eigenvalue weighted by atomic mass is 32.1. The minimum absolute atomic E-state index is 0.0305. The van der Waals surface area contributed by atoms with Gasteiger partial charge in [0.1, 0.15) is 0 Å². The molecule has 0 saturated heterocycles. The van der Waals surface area contributed by atoms with Crippen molar-refractivity contribution in [2.75, 3.05) is 11.1 Å². The monoisotopic (exact) mass is 223 g/mol. The second kappa shape index (κ2) is 4.24. The standard InChI is InChI=1S/C11H13NO2S/c13-7(6-15)5-9-8-3-1-2-4-10(8)12-11(9)14/h1-4,7,9,13,15H,5-6H2,(H,12,14). The molecule has 0 bridgehead atoms. The maximum atomic E-state index is 11.6. The van der Waals surface area contributed by atoms with Gasteiger partial charge in [-0.05, 0) is 18.1 Å². The van der Waals surface area contributed by atoms with E-state index in [1.807, 2.05) is 24.3 Å². The summed E-state index contributed by atoms with van der Waals surface area (Å²) in [6.45, 7) is 0. The van der Waals surface area contributed by atoms with Crippen molar-refractivity contribution < 1.29 is 9.90 Å². The van der Waals surface area contributed by atoms with Crippen molar-refractivity contribution in [3.05, 3.63) is 29.8 Å². The number of nitrogens with one attached hydrogen (secondary N) is 1. The summed E-state index contributed by atoms with van der Waals surface area (Å²) in [7, 11) is 0. The van der Waals surface area contributed by atoms with Gasteiger partial charge in [-0.15, -0.1) is 0 Å². The summed E-state index contributed by atoms with van der Waals surface area (Å²) >= 11 is 4.01. The first-order chi connectivity index (χ1) is 7.22. The lowest BCUT2D eigenvalue weighted by molar-refractivity contribution is -0.117. The predicted molar refractivity (Wildman–Crippen MR) is 62.3 cm³/mol. The van der Waals surface area contributed by atoms with Crippen molar-refractivity contribution in [3.63, 3.8) is 0 Å². The quantitative estimate of drug-likeness (QED) is 0.678. The SMILES string of the molecule is O=C1Nc2ccccc2C1CC(O)CS. The van der Waals surface area contributed by atoms with Crippen LogP contribution in [0.25, 0.3) is 0 Å². The highest BCUT2D eigenvalue weighted by Gasteiger charge is 2.31. The molecule has 0 saturated carbocycles. The highest BCUT2D eigenvalue weighted by molar-refractivity contribution is 7.80. The number of amides is 1. The largest absolute Gasteiger partial charge is 0.392 e. The average molecular weight is 223 g/mol. The molecular weight excluding hydrogens is 210 g/mol. The number of carbonyl (C=O) groups excluding carboxylic acids is 1. The third-order valence-corrected chi connectivity index (χ3v) is 3.05. The molecule has 80 valence electrons. The van der Waals surface area contributed by atoms with Crippen molar-refractivity contribution in [3.8, 4) is 0 Å². The van der Waals surface area contributed by atoms with E-state index >= 15 is 0 Å². The van der Waals surface area contributed by atoms with Gasteiger partial charge in [0, 0.05) is 11.4 Å². The number of anilines is 1. The number of carbonyl (C=O) groups is 1. The van der Waals surface area contributed by atoms with Crippen LogP contribution in [-0.4, -0.2) is 22.9 Å². The second-order valence-electron chi connectivity index (χ2n) is 3.70. The van der Waals surface area contributed by atoms with Crippen LogP contribution in [0.2, 0.25) is 0 Å². The molecule has 4 heteroatoms. The van der Waals surface area contributed by atoms with Crippen LogP contribution in [0.15, 0.2) is 24.3 Å². The molecule has 2 unspecified atom stereocenters. The molecule has 2 atom stereocenters. The van der Waals surface area contributed by atoms with Gasteiger partial charge < -0.3 is 10.4 Å². The first-order valence-electron chi connectivity index (χ1n) is 4.91. The number of benzene rings is 1. The minimum atomic E-state index is -0.532. The molecule has 1 aliphatic heterocycles. The average Bonchev–Trinajstić information content (AvgIpc) is 2.55. The number of rotatable bonds is 3. The molecule has 1 aromatic rings. The van der Waals surface area contributed by atoms with Crippen molar-refractivity contribution in [1.82, 2.24) is 0 Å². The lowest BCUT2D eigenvalue weighted by atomic mass is 9.95. The Labute approximate surface area is 93.9 Å². The Morgan fingerprint density at radius 3 is 2.93 bits per heavy atom. The Kier molecular flexibility index (Phi) is 2.98. The van der Waals surface area contributed by atoms with Crippen LogP contribution in [0.4, 0.5) is 5.69 Å². The summed E-state index contributed by atoms with van der Waals surface area (Å²) in [6, 6.07) is 7.58. The maximum absolute atomic E-state index is 11.6. The fourth-order valence-electron chi connectivity index (χ4n) is 1.86. The zero-order valence-corrected chi connectivity index (χ0v) is 9.08. The van der Waals surface area contributed by atoms with E-state index in [2.05, 4.69) is 17.9 Å². The predicted octanol–water partition coefficient (Wildman–Crippen LogP) is 1.40. The fourth-order valence-corrected chi connectivity index (χ4v) is 2.01. The summed E-state index contributed by atoms with van der Waals surface area (Å²) in [5.41, 5.74) is 1.84. The number of fused-ring (bicyclic) bond motifs is 1. The minimum Gasteiger partial charge on any atom is -0.392 e. The molecule has 0 spiro atoms. The van der Waals surface area contributed by atoms with Crippen LogP contribution in [0, 0.1) is 0 Å². The zero-order valence-electron chi connectivity index (χ0n) is 8.18. The Morgan fingerprint density at radius 1 is 1.47 bits per heavy atom. The first kappa shape index (κ1) is 10.5. The molecule has 1 aliphatic rings. The molecule has 1 aromatic carbocycles. The Bertz CT molecular complexity index is 381. The molecule has 1 heterocycles. The van der Waals surface area contributed by atoms with Gasteiger partial charge in [-0.25, -0.2) is 0 Å². The third-order valence-electron chi connectivity index (χ3n) is 2.63. The highest BCUT2D eigenvalue weighted by Crippen LogP contribution is 2.34. The molecule has 2 rings (SSSR count). The van der Waals surface area contributed by atoms with E-state index in [0.717, 1.165) is 11.3 Å². The fraction of sp³-hybridized carbons (Fsp3) is 0.364. The van der Waals surface area contributed by atoms with E-state index in [0.29, 0.717) is 12.2 Å². The molecular formula is C11H13NO2S. The van der Waals surface area contributed by atoms with Crippen molar-refractivity contribution in [2.45, 2.75) is 18.4 Å². The van der Waals surface area contributed by atoms with Crippen LogP contribution in [-0.2, 0) is 4.79 Å². The lowest BCUT2D eigenvalue weighted by Crippen LogP contribution is -2.19. The Hall–Kier alpha value is -1.00. The number of para-hydroxylation sites is 1. The normalized spacial score (nSPS) is 20.9. The van der Waals surface area contributed by atoms with Crippen LogP contribution in [0.3, 0.4) is 0 Å². The van der Waals surface area contributed by atoms with Gasteiger partial charge in [0.25, 0.3) is 0 Å². The topological polar surface area (TPSA) is 49.3 Å². The zero-order chi connectivity index (χ0) is 10.8. The van der Waals surface area contributed by atoms with Gasteiger partial charge in [-0.3, -0.25) is 4.79 Å². The van der Waals surface area contributed by atoms with Crippen LogP contribution in [0.5, 0.6) is 0 Å². The molecule has 0 aromatic heterocycles. The smallest absolute Gasteiger partial charge is 0.232 e. The van der Waals surface area contributed by atoms with Crippen molar-refractivity contribution in [1.29, 1.82) is 0 Å². The van der Waals surface area contributed by atoms with E-state index in [1.165, 1.54) is 0 Å². The number of aliphatic hydroxyl groups is 1. The van der Waals surface area contributed by atoms with Gasteiger partial charge in [0.05, 0.1) is 12.0 Å². The number of hydrogen-bond acceptors (Lipinski definition) is 3. The van der Waals surface area contributed by atoms with Crippen LogP contribution >= 0.6 is 12.6 Å². The van der Waals surface area contributed by atoms with E-state index in [-0.39, 0.29) is 11.8 Å². The molecule has 0 fully saturated rings. The third kappa shape index (κ3) is 2.01. The van der Waals surface area contributed by atoms with Crippen LogP contribution < -0.4 is 5.32 Å². The Balaban J connectivity index is 2.22. The van der Waals surface area contributed by atoms with Gasteiger partial charge in [0.15, 0.2) is 0 Å². The molecule has 15 heavy (non-hydrogen) atoms. The van der Waals surface area contributed by atoms with E-state index in [9.17, 15) is 9.90 Å². The van der Waals surface area contributed by atoms with Crippen LogP contribution in [0.1, 0.15) is 17.9 Å². The lowest BCUT2D eigenvalue weighted by Gasteiger charge is -2.12. The van der Waals surface area contributed by atoms with Gasteiger partial charge in [-0.2, -0.15) is 12.6 Å². The van der Waals surface area contributed by atoms with E-state index < -0.39 is 6.10 Å². The number of aliphatic hydroxyl groups excluding tert-OH is 1. The van der Waals surface area contributed by atoms with Gasteiger partial charge >= 0.3 is 0 Å². The van der Waals surface area contributed by atoms with E-state index in [4.69, 9.17) is 0 Å². The summed E-state index contributed by atoms with van der Waals surface area (Å²) < 4.78 is 0. The Morgan fingerprint density at radius 2 is 2.20 bits per heavy atom. The first-order valence-corrected chi connectivity index (χ1v) is 5.54. The molecule has 3 nitrogen and oxygen atoms in total. The molecule has 1 amide bonds. The summed E-state index contributed by atoms with van der Waals surface area (Å²) in [5, 5.41) is 12.3. The maximum Gasteiger partial charge on any atom is 0.232 e. The molecule has 2 N–H and O–H groups in total. The van der Waals surface area contributed by atoms with E-state index in [1.54, 1.807) is 0 Å². The summed E-state index contributed by atoms with van der Waals surface area (Å²) in [4.78, 5) is 11.6. The second-order valence-corrected chi connectivity index (χ2v) is 4.07.